The van der Waals surface area contributed by atoms with Gasteiger partial charge in [-0.1, -0.05) is 36.2 Å². The van der Waals surface area contributed by atoms with Crippen LogP contribution in [-0.2, 0) is 6.54 Å². The Morgan fingerprint density at radius 1 is 0.857 bits per heavy atom. The lowest BCUT2D eigenvalue weighted by Crippen LogP contribution is -2.48. The van der Waals surface area contributed by atoms with E-state index in [2.05, 4.69) is 28.0 Å². The lowest BCUT2D eigenvalue weighted by atomic mass is 10.1. The molecule has 1 amide bonds. The Balaban J connectivity index is 1.32. The summed E-state index contributed by atoms with van der Waals surface area (Å²) < 4.78 is 0. The van der Waals surface area contributed by atoms with Crippen molar-refractivity contribution in [2.75, 3.05) is 44.2 Å². The highest BCUT2D eigenvalue weighted by Crippen LogP contribution is 2.21. The number of piperazine rings is 1. The summed E-state index contributed by atoms with van der Waals surface area (Å²) in [7, 11) is 0. The van der Waals surface area contributed by atoms with E-state index < -0.39 is 0 Å². The van der Waals surface area contributed by atoms with Crippen molar-refractivity contribution in [1.29, 1.82) is 0 Å². The van der Waals surface area contributed by atoms with E-state index in [0.29, 0.717) is 0 Å². The van der Waals surface area contributed by atoms with Crippen LogP contribution in [0.5, 0.6) is 0 Å². The molecule has 0 aliphatic carbocycles. The summed E-state index contributed by atoms with van der Waals surface area (Å²) in [6.07, 6.45) is 3.96. The minimum atomic E-state index is 0.135. The van der Waals surface area contributed by atoms with Gasteiger partial charge in [0.15, 0.2) is 0 Å². The normalized spacial score (nSPS) is 18.3. The molecule has 0 bridgehead atoms. The van der Waals surface area contributed by atoms with Gasteiger partial charge in [-0.15, -0.1) is 0 Å². The zero-order valence-electron chi connectivity index (χ0n) is 16.3. The van der Waals surface area contributed by atoms with Crippen LogP contribution >= 0.6 is 11.6 Å². The highest BCUT2D eigenvalue weighted by Gasteiger charge is 2.22. The highest BCUT2D eigenvalue weighted by atomic mass is 35.5. The Morgan fingerprint density at radius 2 is 1.57 bits per heavy atom. The zero-order valence-corrected chi connectivity index (χ0v) is 17.1. The van der Waals surface area contributed by atoms with Gasteiger partial charge in [0.25, 0.3) is 5.91 Å². The number of benzene rings is 2. The largest absolute Gasteiger partial charge is 0.368 e. The molecule has 0 saturated carbocycles. The fourth-order valence-electron chi connectivity index (χ4n) is 4.15. The second-order valence-corrected chi connectivity index (χ2v) is 8.23. The third kappa shape index (κ3) is 4.68. The monoisotopic (exact) mass is 397 g/mol. The molecular weight excluding hydrogens is 370 g/mol. The van der Waals surface area contributed by atoms with E-state index in [4.69, 9.17) is 11.6 Å². The molecule has 148 valence electrons. The Kier molecular flexibility index (Phi) is 6.18. The molecular formula is C23H28ClN3O. The van der Waals surface area contributed by atoms with Crippen molar-refractivity contribution in [3.05, 3.63) is 64.7 Å². The third-order valence-electron chi connectivity index (χ3n) is 5.80. The van der Waals surface area contributed by atoms with Crippen LogP contribution in [0.15, 0.2) is 48.5 Å². The number of likely N-dealkylation sites (tertiary alicyclic amines) is 1. The van der Waals surface area contributed by atoms with Crippen LogP contribution in [0.1, 0.15) is 35.2 Å². The van der Waals surface area contributed by atoms with Gasteiger partial charge in [0.05, 0.1) is 0 Å². The average molecular weight is 398 g/mol. The molecule has 2 aromatic carbocycles. The summed E-state index contributed by atoms with van der Waals surface area (Å²) in [5, 5.41) is 0.751. The van der Waals surface area contributed by atoms with Gasteiger partial charge in [0.1, 0.15) is 0 Å². The SMILES string of the molecule is O=C(c1ccc(CN2CCCCC2)cc1)N1CCN(c2cccc(Cl)c2)CC1. The standard InChI is InChI=1S/C23H28ClN3O/c24-21-5-4-6-22(17-21)26-13-15-27(16-14-26)23(28)20-9-7-19(8-10-20)18-25-11-2-1-3-12-25/h4-10,17H,1-3,11-16,18H2. The van der Waals surface area contributed by atoms with Crippen molar-refractivity contribution in [2.45, 2.75) is 25.8 Å². The van der Waals surface area contributed by atoms with Gasteiger partial charge in [0.2, 0.25) is 0 Å². The van der Waals surface area contributed by atoms with Gasteiger partial charge in [-0.05, 0) is 61.8 Å². The Labute approximate surface area is 172 Å². The smallest absolute Gasteiger partial charge is 0.253 e. The van der Waals surface area contributed by atoms with E-state index in [1.54, 1.807) is 0 Å². The van der Waals surface area contributed by atoms with E-state index in [9.17, 15) is 4.79 Å². The molecule has 0 spiro atoms. The first-order valence-corrected chi connectivity index (χ1v) is 10.7. The molecule has 0 atom stereocenters. The topological polar surface area (TPSA) is 26.8 Å². The molecule has 2 aliphatic rings. The number of hydrogen-bond acceptors (Lipinski definition) is 3. The maximum Gasteiger partial charge on any atom is 0.253 e. The predicted molar refractivity (Wildman–Crippen MR) is 115 cm³/mol. The first-order valence-electron chi connectivity index (χ1n) is 10.3. The number of rotatable bonds is 4. The molecule has 4 rings (SSSR count). The zero-order chi connectivity index (χ0) is 19.3. The number of anilines is 1. The summed E-state index contributed by atoms with van der Waals surface area (Å²) >= 11 is 6.10. The first kappa shape index (κ1) is 19.3. The fraction of sp³-hybridized carbons (Fsp3) is 0.435. The molecule has 0 aromatic heterocycles. The molecule has 2 fully saturated rings. The van der Waals surface area contributed by atoms with Gasteiger partial charge >= 0.3 is 0 Å². The molecule has 0 radical (unpaired) electrons. The lowest BCUT2D eigenvalue weighted by Gasteiger charge is -2.36. The van der Waals surface area contributed by atoms with Crippen molar-refractivity contribution >= 4 is 23.2 Å². The number of hydrogen-bond donors (Lipinski definition) is 0. The van der Waals surface area contributed by atoms with Crippen LogP contribution in [0.3, 0.4) is 0 Å². The van der Waals surface area contributed by atoms with E-state index in [-0.39, 0.29) is 5.91 Å². The van der Waals surface area contributed by atoms with Gasteiger partial charge in [-0.2, -0.15) is 0 Å². The number of nitrogens with zero attached hydrogens (tertiary/aromatic N) is 3. The van der Waals surface area contributed by atoms with Crippen LogP contribution in [0.4, 0.5) is 5.69 Å². The van der Waals surface area contributed by atoms with Crippen LogP contribution in [-0.4, -0.2) is 55.0 Å². The van der Waals surface area contributed by atoms with E-state index in [0.717, 1.165) is 49.0 Å². The highest BCUT2D eigenvalue weighted by molar-refractivity contribution is 6.30. The molecule has 2 aromatic rings. The van der Waals surface area contributed by atoms with Crippen molar-refractivity contribution in [2.24, 2.45) is 0 Å². The molecule has 2 aliphatic heterocycles. The van der Waals surface area contributed by atoms with E-state index in [1.165, 1.54) is 37.9 Å². The summed E-state index contributed by atoms with van der Waals surface area (Å²) in [6, 6.07) is 16.1. The van der Waals surface area contributed by atoms with Crippen molar-refractivity contribution in [3.8, 4) is 0 Å². The minimum absolute atomic E-state index is 0.135. The molecule has 28 heavy (non-hydrogen) atoms. The van der Waals surface area contributed by atoms with Crippen LogP contribution < -0.4 is 4.90 Å². The van der Waals surface area contributed by atoms with Crippen LogP contribution in [0, 0.1) is 0 Å². The molecule has 0 unspecified atom stereocenters. The second kappa shape index (κ2) is 8.97. The van der Waals surface area contributed by atoms with Crippen molar-refractivity contribution in [1.82, 2.24) is 9.80 Å². The van der Waals surface area contributed by atoms with Gasteiger partial charge < -0.3 is 9.80 Å². The average Bonchev–Trinajstić information content (AvgIpc) is 2.75. The predicted octanol–water partition coefficient (Wildman–Crippen LogP) is 4.29. The van der Waals surface area contributed by atoms with E-state index >= 15 is 0 Å². The molecule has 5 heteroatoms. The van der Waals surface area contributed by atoms with E-state index in [1.807, 2.05) is 35.2 Å². The molecule has 2 heterocycles. The quantitative estimate of drug-likeness (QED) is 0.770. The first-order chi connectivity index (χ1) is 13.7. The maximum atomic E-state index is 12.9. The van der Waals surface area contributed by atoms with Gasteiger partial charge in [0, 0.05) is 49.0 Å². The summed E-state index contributed by atoms with van der Waals surface area (Å²) in [4.78, 5) is 19.6. The Bertz CT molecular complexity index is 794. The Morgan fingerprint density at radius 3 is 2.25 bits per heavy atom. The number of carbonyl (C=O) groups is 1. The lowest BCUT2D eigenvalue weighted by molar-refractivity contribution is 0.0747. The Hall–Kier alpha value is -2.04. The van der Waals surface area contributed by atoms with Gasteiger partial charge in [-0.25, -0.2) is 0 Å². The summed E-state index contributed by atoms with van der Waals surface area (Å²) in [5.41, 5.74) is 3.21. The van der Waals surface area contributed by atoms with Crippen LogP contribution in [0.2, 0.25) is 5.02 Å². The van der Waals surface area contributed by atoms with Gasteiger partial charge in [-0.3, -0.25) is 9.69 Å². The number of piperidine rings is 1. The second-order valence-electron chi connectivity index (χ2n) is 7.79. The number of amides is 1. The third-order valence-corrected chi connectivity index (χ3v) is 6.03. The fourth-order valence-corrected chi connectivity index (χ4v) is 4.34. The van der Waals surface area contributed by atoms with Crippen LogP contribution in [0.25, 0.3) is 0 Å². The number of carbonyl (C=O) groups excluding carboxylic acids is 1. The summed E-state index contributed by atoms with van der Waals surface area (Å²) in [6.45, 7) is 6.52. The van der Waals surface area contributed by atoms with Crippen molar-refractivity contribution in [3.63, 3.8) is 0 Å². The molecule has 2 saturated heterocycles. The minimum Gasteiger partial charge on any atom is -0.368 e. The molecule has 4 nitrogen and oxygen atoms in total. The summed E-state index contributed by atoms with van der Waals surface area (Å²) in [5.74, 6) is 0.135. The van der Waals surface area contributed by atoms with Crippen molar-refractivity contribution < 1.29 is 4.79 Å². The number of halogens is 1. The molecule has 0 N–H and O–H groups in total. The maximum absolute atomic E-state index is 12.9.